The zero-order chi connectivity index (χ0) is 10.4. The smallest absolute Gasteiger partial charge is 0.300 e. The Balaban J connectivity index is 0.000000310. The molecule has 1 aliphatic rings. The van der Waals surface area contributed by atoms with Crippen LogP contribution in [0.4, 0.5) is 0 Å². The van der Waals surface area contributed by atoms with Gasteiger partial charge < -0.3 is 10.2 Å². The zero-order valence-corrected chi connectivity index (χ0v) is 8.66. The third-order valence-electron chi connectivity index (χ3n) is 2.42. The molecule has 13 heavy (non-hydrogen) atoms. The van der Waals surface area contributed by atoms with Crippen molar-refractivity contribution in [1.82, 2.24) is 0 Å². The van der Waals surface area contributed by atoms with Crippen molar-refractivity contribution >= 4 is 5.97 Å². The van der Waals surface area contributed by atoms with Crippen molar-refractivity contribution in [2.75, 3.05) is 0 Å². The van der Waals surface area contributed by atoms with Gasteiger partial charge >= 0.3 is 0 Å². The van der Waals surface area contributed by atoms with Gasteiger partial charge in [-0.05, 0) is 24.7 Å². The largest absolute Gasteiger partial charge is 0.481 e. The summed E-state index contributed by atoms with van der Waals surface area (Å²) in [5.41, 5.74) is 0. The van der Waals surface area contributed by atoms with E-state index < -0.39 is 5.97 Å². The maximum Gasteiger partial charge on any atom is 0.300 e. The van der Waals surface area contributed by atoms with Crippen molar-refractivity contribution in [3.8, 4) is 0 Å². The maximum atomic E-state index is 9.36. The summed E-state index contributed by atoms with van der Waals surface area (Å²) < 4.78 is 0. The minimum absolute atomic E-state index is 0.00463. The molecular formula is C10H20O3. The van der Waals surface area contributed by atoms with E-state index in [1.54, 1.807) is 0 Å². The van der Waals surface area contributed by atoms with E-state index in [0.29, 0.717) is 5.92 Å². The van der Waals surface area contributed by atoms with E-state index in [1.807, 2.05) is 0 Å². The van der Waals surface area contributed by atoms with Crippen LogP contribution in [0, 0.1) is 11.8 Å². The molecule has 1 rings (SSSR count). The number of hydrogen-bond acceptors (Lipinski definition) is 2. The van der Waals surface area contributed by atoms with Crippen LogP contribution in [0.3, 0.4) is 0 Å². The number of carboxylic acid groups (broad SMARTS) is 1. The van der Waals surface area contributed by atoms with Crippen LogP contribution in [0.1, 0.15) is 40.0 Å². The van der Waals surface area contributed by atoms with Crippen LogP contribution in [0.5, 0.6) is 0 Å². The summed E-state index contributed by atoms with van der Waals surface area (Å²) in [5, 5.41) is 16.8. The van der Waals surface area contributed by atoms with E-state index >= 15 is 0 Å². The molecular weight excluding hydrogens is 168 g/mol. The van der Waals surface area contributed by atoms with E-state index in [-0.39, 0.29) is 6.10 Å². The van der Waals surface area contributed by atoms with Crippen LogP contribution in [-0.2, 0) is 4.79 Å². The first-order chi connectivity index (χ1) is 5.97. The molecule has 0 aromatic heterocycles. The number of aliphatic hydroxyl groups excluding tert-OH is 1. The maximum absolute atomic E-state index is 9.36. The van der Waals surface area contributed by atoms with Crippen molar-refractivity contribution in [1.29, 1.82) is 0 Å². The molecule has 0 amide bonds. The lowest BCUT2D eigenvalue weighted by Crippen LogP contribution is -2.10. The van der Waals surface area contributed by atoms with Gasteiger partial charge in [0, 0.05) is 6.92 Å². The highest BCUT2D eigenvalue weighted by Gasteiger charge is 2.28. The van der Waals surface area contributed by atoms with Gasteiger partial charge in [-0.1, -0.05) is 20.3 Å². The fourth-order valence-corrected chi connectivity index (χ4v) is 1.81. The summed E-state index contributed by atoms with van der Waals surface area (Å²) in [4.78, 5) is 9.00. The average molecular weight is 188 g/mol. The van der Waals surface area contributed by atoms with Gasteiger partial charge in [0.2, 0.25) is 0 Å². The Hall–Kier alpha value is -0.570. The summed E-state index contributed by atoms with van der Waals surface area (Å²) in [5.74, 6) is 0.518. The van der Waals surface area contributed by atoms with Crippen molar-refractivity contribution in [2.45, 2.75) is 46.1 Å². The minimum atomic E-state index is -0.833. The molecule has 0 aromatic rings. The lowest BCUT2D eigenvalue weighted by Gasteiger charge is -2.09. The molecule has 2 N–H and O–H groups in total. The van der Waals surface area contributed by atoms with Crippen LogP contribution in [0.2, 0.25) is 0 Å². The van der Waals surface area contributed by atoms with Crippen molar-refractivity contribution in [3.63, 3.8) is 0 Å². The van der Waals surface area contributed by atoms with Gasteiger partial charge in [-0.15, -0.1) is 0 Å². The number of aliphatic carboxylic acids is 1. The lowest BCUT2D eigenvalue weighted by molar-refractivity contribution is -0.134. The topological polar surface area (TPSA) is 57.5 Å². The quantitative estimate of drug-likeness (QED) is 0.660. The minimum Gasteiger partial charge on any atom is -0.481 e. The number of hydrogen-bond donors (Lipinski definition) is 2. The second kappa shape index (κ2) is 5.97. The van der Waals surface area contributed by atoms with Gasteiger partial charge in [-0.25, -0.2) is 0 Å². The lowest BCUT2D eigenvalue weighted by atomic mass is 10.0. The summed E-state index contributed by atoms with van der Waals surface area (Å²) >= 11 is 0. The molecule has 1 saturated carbocycles. The first-order valence-corrected chi connectivity index (χ1v) is 4.84. The van der Waals surface area contributed by atoms with Gasteiger partial charge in [0.25, 0.3) is 5.97 Å². The molecule has 0 bridgehead atoms. The summed E-state index contributed by atoms with van der Waals surface area (Å²) in [7, 11) is 0. The Kier molecular flexibility index (Phi) is 5.71. The molecule has 0 aromatic carbocycles. The molecule has 3 atom stereocenters. The van der Waals surface area contributed by atoms with Gasteiger partial charge in [0.1, 0.15) is 0 Å². The second-order valence-corrected chi connectivity index (χ2v) is 3.83. The predicted octanol–water partition coefficient (Wildman–Crippen LogP) is 1.89. The Morgan fingerprint density at radius 3 is 2.08 bits per heavy atom. The van der Waals surface area contributed by atoms with Crippen molar-refractivity contribution in [2.24, 2.45) is 11.8 Å². The highest BCUT2D eigenvalue weighted by Crippen LogP contribution is 2.32. The van der Waals surface area contributed by atoms with E-state index in [2.05, 4.69) is 13.8 Å². The molecule has 0 heterocycles. The monoisotopic (exact) mass is 188 g/mol. The third kappa shape index (κ3) is 5.64. The summed E-state index contributed by atoms with van der Waals surface area (Å²) in [6.07, 6.45) is 3.41. The molecule has 3 unspecified atom stereocenters. The molecule has 0 aliphatic heterocycles. The third-order valence-corrected chi connectivity index (χ3v) is 2.42. The van der Waals surface area contributed by atoms with Crippen molar-refractivity contribution < 1.29 is 15.0 Å². The van der Waals surface area contributed by atoms with Gasteiger partial charge in [-0.2, -0.15) is 0 Å². The van der Waals surface area contributed by atoms with Crippen LogP contribution in [0.25, 0.3) is 0 Å². The molecule has 0 saturated heterocycles. The van der Waals surface area contributed by atoms with Gasteiger partial charge in [0.05, 0.1) is 6.10 Å². The fraction of sp³-hybridized carbons (Fsp3) is 0.900. The normalized spacial score (nSPS) is 32.2. The van der Waals surface area contributed by atoms with Gasteiger partial charge in [-0.3, -0.25) is 4.79 Å². The number of carbonyl (C=O) groups is 1. The summed E-state index contributed by atoms with van der Waals surface area (Å²) in [6.45, 7) is 5.46. The molecule has 3 heteroatoms. The van der Waals surface area contributed by atoms with E-state index in [0.717, 1.165) is 25.7 Å². The van der Waals surface area contributed by atoms with Crippen LogP contribution in [0.15, 0.2) is 0 Å². The van der Waals surface area contributed by atoms with Crippen LogP contribution in [-0.4, -0.2) is 22.3 Å². The van der Waals surface area contributed by atoms with E-state index in [1.165, 1.54) is 6.42 Å². The fourth-order valence-electron chi connectivity index (χ4n) is 1.81. The molecule has 1 fully saturated rings. The Labute approximate surface area is 79.8 Å². The molecule has 3 nitrogen and oxygen atoms in total. The SMILES string of the molecule is CC(=O)O.CCC1CC(C)CC1O. The van der Waals surface area contributed by atoms with E-state index in [9.17, 15) is 5.11 Å². The predicted molar refractivity (Wildman–Crippen MR) is 51.5 cm³/mol. The van der Waals surface area contributed by atoms with E-state index in [4.69, 9.17) is 9.90 Å². The standard InChI is InChI=1S/C8H16O.C2H4O2/c1-3-7-4-6(2)5-8(7)9;1-2(3)4/h6-9H,3-5H2,1-2H3;1H3,(H,3,4). The number of rotatable bonds is 1. The first kappa shape index (κ1) is 12.4. The molecule has 1 aliphatic carbocycles. The second-order valence-electron chi connectivity index (χ2n) is 3.83. The van der Waals surface area contributed by atoms with Crippen LogP contribution < -0.4 is 0 Å². The average Bonchev–Trinajstić information content (AvgIpc) is 2.28. The van der Waals surface area contributed by atoms with Gasteiger partial charge in [0.15, 0.2) is 0 Å². The number of aliphatic hydroxyl groups is 1. The Bertz CT molecular complexity index is 152. The molecule has 0 spiro atoms. The Morgan fingerprint density at radius 1 is 1.46 bits per heavy atom. The highest BCUT2D eigenvalue weighted by atomic mass is 16.4. The molecule has 78 valence electrons. The number of carboxylic acids is 1. The first-order valence-electron chi connectivity index (χ1n) is 4.84. The summed E-state index contributed by atoms with van der Waals surface area (Å²) in [6, 6.07) is 0. The zero-order valence-electron chi connectivity index (χ0n) is 8.66. The highest BCUT2D eigenvalue weighted by molar-refractivity contribution is 5.62. The molecule has 0 radical (unpaired) electrons. The Morgan fingerprint density at radius 2 is 1.92 bits per heavy atom. The van der Waals surface area contributed by atoms with Crippen LogP contribution >= 0.6 is 0 Å². The van der Waals surface area contributed by atoms with Crippen molar-refractivity contribution in [3.05, 3.63) is 0 Å².